The molecule has 0 radical (unpaired) electrons. The van der Waals surface area contributed by atoms with Crippen molar-refractivity contribution in [3.63, 3.8) is 0 Å². The highest BCUT2D eigenvalue weighted by atomic mass is 16.5. The molecule has 19 heavy (non-hydrogen) atoms. The Bertz CT molecular complexity index is 504. The van der Waals surface area contributed by atoms with Crippen LogP contribution in [0.3, 0.4) is 0 Å². The topological polar surface area (TPSA) is 26.3 Å². The maximum atomic E-state index is 11.4. The van der Waals surface area contributed by atoms with Crippen molar-refractivity contribution in [2.45, 2.75) is 27.4 Å². The quantitative estimate of drug-likeness (QED) is 0.753. The van der Waals surface area contributed by atoms with Crippen LogP contribution in [0, 0.1) is 0 Å². The zero-order chi connectivity index (χ0) is 14.1. The van der Waals surface area contributed by atoms with Crippen molar-refractivity contribution >= 4 is 5.78 Å². The first-order chi connectivity index (χ1) is 9.27. The van der Waals surface area contributed by atoms with E-state index >= 15 is 0 Å². The van der Waals surface area contributed by atoms with Crippen molar-refractivity contribution in [1.29, 1.82) is 0 Å². The van der Waals surface area contributed by atoms with E-state index in [4.69, 9.17) is 4.74 Å². The Hall–Kier alpha value is -2.09. The summed E-state index contributed by atoms with van der Waals surface area (Å²) in [5, 5.41) is 0. The average Bonchev–Trinajstić information content (AvgIpc) is 2.48. The first kappa shape index (κ1) is 15.0. The monoisotopic (exact) mass is 256 g/mol. The summed E-state index contributed by atoms with van der Waals surface area (Å²) in [6.07, 6.45) is 0. The van der Waals surface area contributed by atoms with Gasteiger partial charge in [-0.25, -0.2) is 0 Å². The number of rotatable bonds is 4. The summed E-state index contributed by atoms with van der Waals surface area (Å²) in [4.78, 5) is 11.4. The second-order valence-electron chi connectivity index (χ2n) is 3.83. The average molecular weight is 256 g/mol. The van der Waals surface area contributed by atoms with Crippen LogP contribution in [0.25, 0.3) is 0 Å². The van der Waals surface area contributed by atoms with E-state index in [2.05, 4.69) is 0 Å². The predicted molar refractivity (Wildman–Crippen MR) is 78.6 cm³/mol. The van der Waals surface area contributed by atoms with Gasteiger partial charge in [0, 0.05) is 0 Å². The third kappa shape index (κ3) is 4.59. The molecule has 0 atom stereocenters. The van der Waals surface area contributed by atoms with E-state index in [0.717, 1.165) is 5.56 Å². The molecule has 100 valence electrons. The van der Waals surface area contributed by atoms with E-state index in [1.807, 2.05) is 62.4 Å². The molecule has 2 aromatic rings. The minimum Gasteiger partial charge on any atom is -0.488 e. The van der Waals surface area contributed by atoms with Gasteiger partial charge in [0.15, 0.2) is 5.78 Å². The van der Waals surface area contributed by atoms with Crippen LogP contribution in [0.4, 0.5) is 0 Å². The lowest BCUT2D eigenvalue weighted by molar-refractivity contribution is 0.101. The maximum Gasteiger partial charge on any atom is 0.163 e. The van der Waals surface area contributed by atoms with E-state index in [0.29, 0.717) is 17.9 Å². The molecule has 0 aliphatic carbocycles. The first-order valence-electron chi connectivity index (χ1n) is 6.54. The zero-order valence-electron chi connectivity index (χ0n) is 11.7. The third-order valence-electron chi connectivity index (χ3n) is 2.50. The Labute approximate surface area is 115 Å². The van der Waals surface area contributed by atoms with Crippen LogP contribution in [0.2, 0.25) is 0 Å². The second kappa shape index (κ2) is 8.09. The number of benzene rings is 2. The van der Waals surface area contributed by atoms with Gasteiger partial charge in [-0.3, -0.25) is 4.79 Å². The minimum absolute atomic E-state index is 0.0219. The molecule has 2 nitrogen and oxygen atoms in total. The van der Waals surface area contributed by atoms with Crippen LogP contribution < -0.4 is 4.74 Å². The van der Waals surface area contributed by atoms with Gasteiger partial charge < -0.3 is 4.74 Å². The van der Waals surface area contributed by atoms with Crippen LogP contribution in [-0.4, -0.2) is 5.78 Å². The molecule has 2 rings (SSSR count). The summed E-state index contributed by atoms with van der Waals surface area (Å²) in [6.45, 7) is 6.02. The smallest absolute Gasteiger partial charge is 0.163 e. The van der Waals surface area contributed by atoms with Gasteiger partial charge in [0.1, 0.15) is 12.4 Å². The Kier molecular flexibility index (Phi) is 6.37. The summed E-state index contributed by atoms with van der Waals surface area (Å²) in [5.74, 6) is 0.664. The fourth-order valence-electron chi connectivity index (χ4n) is 1.62. The van der Waals surface area contributed by atoms with E-state index in [1.165, 1.54) is 0 Å². The van der Waals surface area contributed by atoms with E-state index in [9.17, 15) is 4.79 Å². The molecule has 2 aromatic carbocycles. The van der Waals surface area contributed by atoms with Gasteiger partial charge in [0.05, 0.1) is 5.56 Å². The highest BCUT2D eigenvalue weighted by Gasteiger charge is 2.06. The molecular weight excluding hydrogens is 236 g/mol. The summed E-state index contributed by atoms with van der Waals surface area (Å²) in [7, 11) is 0. The van der Waals surface area contributed by atoms with Crippen LogP contribution in [0.15, 0.2) is 54.6 Å². The zero-order valence-corrected chi connectivity index (χ0v) is 11.7. The van der Waals surface area contributed by atoms with Crippen molar-refractivity contribution in [2.24, 2.45) is 0 Å². The Morgan fingerprint density at radius 1 is 0.947 bits per heavy atom. The first-order valence-corrected chi connectivity index (χ1v) is 6.54. The molecule has 0 unspecified atom stereocenters. The lowest BCUT2D eigenvalue weighted by Crippen LogP contribution is -2.01. The lowest BCUT2D eigenvalue weighted by atomic mass is 10.1. The summed E-state index contributed by atoms with van der Waals surface area (Å²) >= 11 is 0. The number of hydrogen-bond acceptors (Lipinski definition) is 2. The van der Waals surface area contributed by atoms with Crippen LogP contribution in [-0.2, 0) is 6.61 Å². The Balaban J connectivity index is 0.000000861. The number of hydrogen-bond donors (Lipinski definition) is 0. The fourth-order valence-corrected chi connectivity index (χ4v) is 1.62. The third-order valence-corrected chi connectivity index (χ3v) is 2.50. The van der Waals surface area contributed by atoms with E-state index in [1.54, 1.807) is 13.0 Å². The molecule has 0 aromatic heterocycles. The van der Waals surface area contributed by atoms with Gasteiger partial charge in [-0.2, -0.15) is 0 Å². The summed E-state index contributed by atoms with van der Waals surface area (Å²) in [5.41, 5.74) is 1.72. The minimum atomic E-state index is 0.0219. The molecule has 0 saturated carbocycles. The predicted octanol–water partition coefficient (Wildman–Crippen LogP) is 4.49. The highest BCUT2D eigenvalue weighted by molar-refractivity contribution is 5.96. The molecule has 0 spiro atoms. The fraction of sp³-hybridized carbons (Fsp3) is 0.235. The van der Waals surface area contributed by atoms with Crippen LogP contribution >= 0.6 is 0 Å². The molecule has 0 N–H and O–H groups in total. The molecule has 0 fully saturated rings. The number of para-hydroxylation sites is 1. The van der Waals surface area contributed by atoms with Crippen molar-refractivity contribution in [1.82, 2.24) is 0 Å². The Morgan fingerprint density at radius 3 is 2.16 bits per heavy atom. The second-order valence-corrected chi connectivity index (χ2v) is 3.83. The van der Waals surface area contributed by atoms with Crippen molar-refractivity contribution < 1.29 is 9.53 Å². The van der Waals surface area contributed by atoms with Crippen LogP contribution in [0.1, 0.15) is 36.7 Å². The standard InChI is InChI=1S/C15H14O2.C2H6/c1-12(16)14-9-5-6-10-15(14)17-11-13-7-3-2-4-8-13;1-2/h2-10H,11H2,1H3;1-2H3. The molecule has 0 bridgehead atoms. The summed E-state index contributed by atoms with van der Waals surface area (Å²) < 4.78 is 5.66. The van der Waals surface area contributed by atoms with Crippen molar-refractivity contribution in [3.05, 3.63) is 65.7 Å². The SMILES string of the molecule is CC.CC(=O)c1ccccc1OCc1ccccc1. The maximum absolute atomic E-state index is 11.4. The highest BCUT2D eigenvalue weighted by Crippen LogP contribution is 2.19. The number of ether oxygens (including phenoxy) is 1. The Morgan fingerprint density at radius 2 is 1.53 bits per heavy atom. The summed E-state index contributed by atoms with van der Waals surface area (Å²) in [6, 6.07) is 17.2. The van der Waals surface area contributed by atoms with Gasteiger partial charge in [0.2, 0.25) is 0 Å². The van der Waals surface area contributed by atoms with E-state index < -0.39 is 0 Å². The number of Topliss-reactive ketones (excluding diaryl/α,β-unsaturated/α-hetero) is 1. The van der Waals surface area contributed by atoms with Gasteiger partial charge in [-0.15, -0.1) is 0 Å². The van der Waals surface area contributed by atoms with E-state index in [-0.39, 0.29) is 5.78 Å². The molecule has 0 amide bonds. The number of carbonyl (C=O) groups excluding carboxylic acids is 1. The van der Waals surface area contributed by atoms with Gasteiger partial charge >= 0.3 is 0 Å². The lowest BCUT2D eigenvalue weighted by Gasteiger charge is -2.09. The van der Waals surface area contributed by atoms with Crippen molar-refractivity contribution in [3.8, 4) is 5.75 Å². The molecule has 2 heteroatoms. The normalized spacial score (nSPS) is 9.21. The number of carbonyl (C=O) groups is 1. The van der Waals surface area contributed by atoms with Gasteiger partial charge in [-0.1, -0.05) is 56.3 Å². The largest absolute Gasteiger partial charge is 0.488 e. The van der Waals surface area contributed by atoms with Gasteiger partial charge in [-0.05, 0) is 24.6 Å². The number of ketones is 1. The van der Waals surface area contributed by atoms with Crippen LogP contribution in [0.5, 0.6) is 5.75 Å². The van der Waals surface area contributed by atoms with Crippen molar-refractivity contribution in [2.75, 3.05) is 0 Å². The molecule has 0 saturated heterocycles. The molecule has 0 heterocycles. The molecule has 0 aliphatic heterocycles. The van der Waals surface area contributed by atoms with Gasteiger partial charge in [0.25, 0.3) is 0 Å². The molecular formula is C17H20O2. The molecule has 0 aliphatic rings.